The van der Waals surface area contributed by atoms with Crippen molar-refractivity contribution in [2.45, 2.75) is 23.9 Å². The number of amidine groups is 1. The number of pyridine rings is 1. The molecule has 2 aromatic rings. The first kappa shape index (κ1) is 12.6. The van der Waals surface area contributed by atoms with Crippen LogP contribution in [0.2, 0.25) is 0 Å². The van der Waals surface area contributed by atoms with E-state index in [0.29, 0.717) is 5.56 Å². The van der Waals surface area contributed by atoms with Gasteiger partial charge in [0.15, 0.2) is 5.16 Å². The van der Waals surface area contributed by atoms with Gasteiger partial charge >= 0.3 is 0 Å². The minimum Gasteiger partial charge on any atom is -0.384 e. The number of nitrogen functional groups attached to an aromatic ring is 1. The molecule has 2 rings (SSSR count). The molecule has 0 saturated carbocycles. The summed E-state index contributed by atoms with van der Waals surface area (Å²) in [5.74, 6) is 0.0182. The first-order valence-electron chi connectivity index (χ1n) is 5.33. The molecule has 94 valence electrons. The van der Waals surface area contributed by atoms with Crippen molar-refractivity contribution in [1.82, 2.24) is 19.7 Å². The lowest BCUT2D eigenvalue weighted by Gasteiger charge is -2.11. The predicted octanol–water partition coefficient (Wildman–Crippen LogP) is 1.26. The Balaban J connectivity index is 2.49. The average molecular weight is 262 g/mol. The standard InChI is InChI=1S/C11H14N6S/c1-6-4-8(9(10(12)13)7(2)16-6)18-11-14-5-15-17(11)3/h4-5H,1-3H3,(H3,12,13). The number of aryl methyl sites for hydroxylation is 3. The largest absolute Gasteiger partial charge is 0.384 e. The van der Waals surface area contributed by atoms with Crippen molar-refractivity contribution >= 4 is 17.6 Å². The van der Waals surface area contributed by atoms with E-state index in [0.717, 1.165) is 21.4 Å². The van der Waals surface area contributed by atoms with Crippen LogP contribution < -0.4 is 5.73 Å². The van der Waals surface area contributed by atoms with Crippen LogP contribution in [0.3, 0.4) is 0 Å². The third kappa shape index (κ3) is 2.35. The molecule has 0 unspecified atom stereocenters. The lowest BCUT2D eigenvalue weighted by atomic mass is 10.1. The fraction of sp³-hybridized carbons (Fsp3) is 0.273. The summed E-state index contributed by atoms with van der Waals surface area (Å²) in [5, 5.41) is 12.4. The molecular formula is C11H14N6S. The van der Waals surface area contributed by atoms with Crippen LogP contribution in [0.4, 0.5) is 0 Å². The molecule has 0 fully saturated rings. The molecule has 3 N–H and O–H groups in total. The third-order valence-corrected chi connectivity index (χ3v) is 3.53. The minimum atomic E-state index is 0.0182. The zero-order valence-corrected chi connectivity index (χ0v) is 11.2. The summed E-state index contributed by atoms with van der Waals surface area (Å²) < 4.78 is 1.68. The maximum Gasteiger partial charge on any atom is 0.190 e. The first-order chi connectivity index (χ1) is 8.49. The second-order valence-electron chi connectivity index (χ2n) is 3.90. The van der Waals surface area contributed by atoms with Crippen molar-refractivity contribution in [2.24, 2.45) is 12.8 Å². The minimum absolute atomic E-state index is 0.0182. The molecule has 0 aliphatic carbocycles. The summed E-state index contributed by atoms with van der Waals surface area (Å²) in [6, 6.07) is 1.91. The molecule has 7 heteroatoms. The number of nitrogens with one attached hydrogen (secondary N) is 1. The van der Waals surface area contributed by atoms with Gasteiger partial charge in [0.05, 0.1) is 5.56 Å². The number of hydrogen-bond donors (Lipinski definition) is 2. The summed E-state index contributed by atoms with van der Waals surface area (Å²) in [5.41, 5.74) is 7.93. The quantitative estimate of drug-likeness (QED) is 0.641. The predicted molar refractivity (Wildman–Crippen MR) is 69.9 cm³/mol. The van der Waals surface area contributed by atoms with Crippen LogP contribution in [-0.2, 0) is 7.05 Å². The van der Waals surface area contributed by atoms with Crippen molar-refractivity contribution in [3.05, 3.63) is 29.3 Å². The Kier molecular flexibility index (Phi) is 3.33. The molecule has 18 heavy (non-hydrogen) atoms. The zero-order valence-electron chi connectivity index (χ0n) is 10.4. The van der Waals surface area contributed by atoms with Gasteiger partial charge in [0.1, 0.15) is 12.2 Å². The van der Waals surface area contributed by atoms with E-state index in [1.807, 2.05) is 27.0 Å². The molecule has 0 spiro atoms. The van der Waals surface area contributed by atoms with Crippen molar-refractivity contribution in [3.8, 4) is 0 Å². The van der Waals surface area contributed by atoms with Crippen molar-refractivity contribution in [3.63, 3.8) is 0 Å². The summed E-state index contributed by atoms with van der Waals surface area (Å²) in [6.07, 6.45) is 1.50. The maximum atomic E-state index is 7.65. The fourth-order valence-corrected chi connectivity index (χ4v) is 2.74. The highest BCUT2D eigenvalue weighted by atomic mass is 32.2. The van der Waals surface area contributed by atoms with E-state index in [-0.39, 0.29) is 5.84 Å². The summed E-state index contributed by atoms with van der Waals surface area (Å²) in [4.78, 5) is 9.36. The van der Waals surface area contributed by atoms with E-state index in [9.17, 15) is 0 Å². The molecular weight excluding hydrogens is 248 g/mol. The van der Waals surface area contributed by atoms with Crippen LogP contribution in [0.1, 0.15) is 17.0 Å². The van der Waals surface area contributed by atoms with Gasteiger partial charge in [-0.05, 0) is 31.7 Å². The normalized spacial score (nSPS) is 10.6. The zero-order chi connectivity index (χ0) is 13.3. The van der Waals surface area contributed by atoms with Crippen LogP contribution in [0.25, 0.3) is 0 Å². The van der Waals surface area contributed by atoms with Crippen molar-refractivity contribution in [1.29, 1.82) is 5.41 Å². The van der Waals surface area contributed by atoms with Gasteiger partial charge in [-0.25, -0.2) is 9.67 Å². The smallest absolute Gasteiger partial charge is 0.190 e. The summed E-state index contributed by atoms with van der Waals surface area (Å²) in [6.45, 7) is 3.77. The highest BCUT2D eigenvalue weighted by Gasteiger charge is 2.14. The Bertz CT molecular complexity index is 604. The molecule has 2 heterocycles. The lowest BCUT2D eigenvalue weighted by molar-refractivity contribution is 0.685. The van der Waals surface area contributed by atoms with Gasteiger partial charge in [0.25, 0.3) is 0 Å². The number of hydrogen-bond acceptors (Lipinski definition) is 5. The molecule has 2 aromatic heterocycles. The average Bonchev–Trinajstić information content (AvgIpc) is 2.62. The van der Waals surface area contributed by atoms with Gasteiger partial charge < -0.3 is 5.73 Å². The van der Waals surface area contributed by atoms with Gasteiger partial charge in [-0.3, -0.25) is 10.4 Å². The van der Waals surface area contributed by atoms with Crippen LogP contribution in [0.15, 0.2) is 22.4 Å². The summed E-state index contributed by atoms with van der Waals surface area (Å²) in [7, 11) is 1.82. The molecule has 0 aliphatic heterocycles. The molecule has 6 nitrogen and oxygen atoms in total. The van der Waals surface area contributed by atoms with E-state index in [4.69, 9.17) is 11.1 Å². The Morgan fingerprint density at radius 1 is 1.44 bits per heavy atom. The van der Waals surface area contributed by atoms with E-state index < -0.39 is 0 Å². The number of nitrogens with zero attached hydrogens (tertiary/aromatic N) is 4. The van der Waals surface area contributed by atoms with Gasteiger partial charge in [-0.1, -0.05) is 0 Å². The van der Waals surface area contributed by atoms with Gasteiger partial charge in [-0.15, -0.1) is 0 Å². The molecule has 0 radical (unpaired) electrons. The van der Waals surface area contributed by atoms with Crippen LogP contribution in [0, 0.1) is 19.3 Å². The monoisotopic (exact) mass is 262 g/mol. The SMILES string of the molecule is Cc1cc(Sc2ncnn2C)c(C(=N)N)c(C)n1. The van der Waals surface area contributed by atoms with Crippen LogP contribution in [-0.4, -0.2) is 25.6 Å². The van der Waals surface area contributed by atoms with E-state index >= 15 is 0 Å². The van der Waals surface area contributed by atoms with Gasteiger partial charge in [-0.2, -0.15) is 5.10 Å². The van der Waals surface area contributed by atoms with Crippen molar-refractivity contribution < 1.29 is 0 Å². The highest BCUT2D eigenvalue weighted by molar-refractivity contribution is 7.99. The van der Waals surface area contributed by atoms with Crippen LogP contribution >= 0.6 is 11.8 Å². The van der Waals surface area contributed by atoms with E-state index in [2.05, 4.69) is 15.1 Å². The molecule has 0 atom stereocenters. The lowest BCUT2D eigenvalue weighted by Crippen LogP contribution is -2.15. The molecule has 0 saturated heterocycles. The Labute approximate surface area is 109 Å². The third-order valence-electron chi connectivity index (χ3n) is 2.43. The fourth-order valence-electron chi connectivity index (χ4n) is 1.68. The Morgan fingerprint density at radius 2 is 2.17 bits per heavy atom. The second-order valence-corrected chi connectivity index (χ2v) is 4.91. The van der Waals surface area contributed by atoms with E-state index in [1.54, 1.807) is 4.68 Å². The number of nitrogens with two attached hydrogens (primary N) is 1. The molecule has 0 bridgehead atoms. The topological polar surface area (TPSA) is 93.5 Å². The van der Waals surface area contributed by atoms with Crippen LogP contribution in [0.5, 0.6) is 0 Å². The Hall–Kier alpha value is -1.89. The highest BCUT2D eigenvalue weighted by Crippen LogP contribution is 2.30. The number of aromatic nitrogens is 4. The van der Waals surface area contributed by atoms with Crippen molar-refractivity contribution in [2.75, 3.05) is 0 Å². The molecule has 0 amide bonds. The second kappa shape index (κ2) is 4.77. The Morgan fingerprint density at radius 3 is 2.72 bits per heavy atom. The molecule has 0 aromatic carbocycles. The maximum absolute atomic E-state index is 7.65. The van der Waals surface area contributed by atoms with E-state index in [1.165, 1.54) is 18.1 Å². The first-order valence-corrected chi connectivity index (χ1v) is 6.15. The summed E-state index contributed by atoms with van der Waals surface area (Å²) >= 11 is 1.43. The number of rotatable bonds is 3. The van der Waals surface area contributed by atoms with Gasteiger partial charge in [0, 0.05) is 23.3 Å². The molecule has 0 aliphatic rings. The van der Waals surface area contributed by atoms with Gasteiger partial charge in [0.2, 0.25) is 0 Å².